The molecule has 0 spiro atoms. The van der Waals surface area contributed by atoms with Crippen LogP contribution in [0.4, 0.5) is 0 Å². The molecule has 0 unspecified atom stereocenters. The molecule has 3 aromatic rings. The van der Waals surface area contributed by atoms with Crippen molar-refractivity contribution in [1.29, 1.82) is 0 Å². The number of thioether (sulfide) groups is 1. The van der Waals surface area contributed by atoms with Gasteiger partial charge in [0.15, 0.2) is 10.8 Å². The third-order valence-corrected chi connectivity index (χ3v) is 3.37. The van der Waals surface area contributed by atoms with Crippen molar-refractivity contribution in [2.45, 2.75) is 5.16 Å². The molecule has 0 bridgehead atoms. The molecule has 3 rings (SSSR count). The molecular weight excluding hydrogens is 268 g/mol. The molecule has 90 valence electrons. The lowest BCUT2D eigenvalue weighted by molar-refractivity contribution is 0.836. The van der Waals surface area contributed by atoms with Gasteiger partial charge in [-0.2, -0.15) is 14.6 Å². The van der Waals surface area contributed by atoms with E-state index in [1.807, 2.05) is 36.6 Å². The fourth-order valence-corrected chi connectivity index (χ4v) is 2.35. The van der Waals surface area contributed by atoms with Gasteiger partial charge in [-0.1, -0.05) is 42.1 Å². The van der Waals surface area contributed by atoms with Crippen LogP contribution in [0.2, 0.25) is 5.28 Å². The van der Waals surface area contributed by atoms with E-state index in [0.29, 0.717) is 10.4 Å². The van der Waals surface area contributed by atoms with Crippen molar-refractivity contribution in [3.63, 3.8) is 0 Å². The Labute approximate surface area is 113 Å². The largest absolute Gasteiger partial charge is 0.228 e. The summed E-state index contributed by atoms with van der Waals surface area (Å²) in [6.07, 6.45) is 3.68. The molecule has 0 aliphatic rings. The number of nitrogens with zero attached hydrogens (tertiary/aromatic N) is 4. The van der Waals surface area contributed by atoms with Gasteiger partial charge in [-0.25, -0.2) is 4.98 Å². The van der Waals surface area contributed by atoms with Gasteiger partial charge < -0.3 is 0 Å². The Morgan fingerprint density at radius 1 is 1.17 bits per heavy atom. The van der Waals surface area contributed by atoms with E-state index in [2.05, 4.69) is 15.1 Å². The topological polar surface area (TPSA) is 43.1 Å². The summed E-state index contributed by atoms with van der Waals surface area (Å²) in [5.41, 5.74) is 2.75. The lowest BCUT2D eigenvalue weighted by Crippen LogP contribution is -1.98. The number of halogens is 1. The number of hydrogen-bond donors (Lipinski definition) is 0. The summed E-state index contributed by atoms with van der Waals surface area (Å²) in [5.74, 6) is 0. The molecule has 2 heterocycles. The minimum absolute atomic E-state index is 0.325. The van der Waals surface area contributed by atoms with Crippen LogP contribution < -0.4 is 0 Å². The maximum absolute atomic E-state index is 6.08. The highest BCUT2D eigenvalue weighted by Crippen LogP contribution is 2.25. The second-order valence-electron chi connectivity index (χ2n) is 3.64. The van der Waals surface area contributed by atoms with E-state index in [0.717, 1.165) is 16.8 Å². The molecule has 0 N–H and O–H groups in total. The van der Waals surface area contributed by atoms with Crippen molar-refractivity contribution in [2.75, 3.05) is 6.26 Å². The zero-order valence-electron chi connectivity index (χ0n) is 9.54. The number of fused-ring (bicyclic) bond motifs is 1. The van der Waals surface area contributed by atoms with Crippen molar-refractivity contribution in [3.05, 3.63) is 41.8 Å². The highest BCUT2D eigenvalue weighted by atomic mass is 35.5. The van der Waals surface area contributed by atoms with Crippen molar-refractivity contribution in [1.82, 2.24) is 19.6 Å². The van der Waals surface area contributed by atoms with E-state index in [1.165, 1.54) is 11.8 Å². The quantitative estimate of drug-likeness (QED) is 0.674. The fourth-order valence-electron chi connectivity index (χ4n) is 1.74. The second-order valence-corrected chi connectivity index (χ2v) is 4.75. The second kappa shape index (κ2) is 4.59. The van der Waals surface area contributed by atoms with Crippen LogP contribution in [0.3, 0.4) is 0 Å². The predicted molar refractivity (Wildman–Crippen MR) is 73.0 cm³/mol. The van der Waals surface area contributed by atoms with Crippen molar-refractivity contribution >= 4 is 29.0 Å². The molecule has 0 aliphatic carbocycles. The smallest absolute Gasteiger partial charge is 0.202 e. The Morgan fingerprint density at radius 2 is 1.94 bits per heavy atom. The van der Waals surface area contributed by atoms with Gasteiger partial charge in [0.1, 0.15) is 0 Å². The normalized spacial score (nSPS) is 11.0. The molecule has 0 aliphatic heterocycles. The standard InChI is InChI=1S/C12H9ClN4S/c1-18-12-15-10-9(8-5-3-2-4-6-8)7-14-17(10)11(13)16-12/h2-7H,1H3. The van der Waals surface area contributed by atoms with E-state index in [1.54, 1.807) is 10.7 Å². The summed E-state index contributed by atoms with van der Waals surface area (Å²) in [7, 11) is 0. The Morgan fingerprint density at radius 3 is 2.67 bits per heavy atom. The molecule has 6 heteroatoms. The van der Waals surface area contributed by atoms with Gasteiger partial charge in [-0.3, -0.25) is 0 Å². The van der Waals surface area contributed by atoms with Crippen LogP contribution in [-0.2, 0) is 0 Å². The van der Waals surface area contributed by atoms with E-state index in [9.17, 15) is 0 Å². The molecule has 0 amide bonds. The summed E-state index contributed by atoms with van der Waals surface area (Å²) in [6.45, 7) is 0. The molecule has 0 saturated carbocycles. The lowest BCUT2D eigenvalue weighted by atomic mass is 10.1. The molecule has 2 aromatic heterocycles. The minimum atomic E-state index is 0.325. The summed E-state index contributed by atoms with van der Waals surface area (Å²) in [4.78, 5) is 8.60. The highest BCUT2D eigenvalue weighted by Gasteiger charge is 2.12. The number of aromatic nitrogens is 4. The number of benzene rings is 1. The summed E-state index contributed by atoms with van der Waals surface area (Å²) < 4.78 is 1.55. The van der Waals surface area contributed by atoms with Crippen LogP contribution >= 0.6 is 23.4 Å². The minimum Gasteiger partial charge on any atom is -0.202 e. The molecule has 18 heavy (non-hydrogen) atoms. The van der Waals surface area contributed by atoms with Gasteiger partial charge in [0.05, 0.1) is 6.20 Å². The average molecular weight is 277 g/mol. The van der Waals surface area contributed by atoms with Crippen molar-refractivity contribution in [3.8, 4) is 11.1 Å². The molecule has 0 saturated heterocycles. The van der Waals surface area contributed by atoms with Crippen LogP contribution in [0.1, 0.15) is 0 Å². The van der Waals surface area contributed by atoms with Gasteiger partial charge in [0.25, 0.3) is 0 Å². The average Bonchev–Trinajstić information content (AvgIpc) is 2.84. The van der Waals surface area contributed by atoms with Gasteiger partial charge in [0, 0.05) is 5.56 Å². The molecule has 1 aromatic carbocycles. The third-order valence-electron chi connectivity index (χ3n) is 2.58. The van der Waals surface area contributed by atoms with Crippen molar-refractivity contribution < 1.29 is 0 Å². The Kier molecular flexibility index (Phi) is 2.93. The van der Waals surface area contributed by atoms with Gasteiger partial charge in [-0.15, -0.1) is 0 Å². The third kappa shape index (κ3) is 1.85. The first kappa shape index (κ1) is 11.5. The monoisotopic (exact) mass is 276 g/mol. The Balaban J connectivity index is 2.28. The van der Waals surface area contributed by atoms with Gasteiger partial charge >= 0.3 is 0 Å². The Hall–Kier alpha value is -1.59. The fraction of sp³-hybridized carbons (Fsp3) is 0.0833. The first-order valence-corrected chi connectivity index (χ1v) is 6.90. The molecule has 4 nitrogen and oxygen atoms in total. The predicted octanol–water partition coefficient (Wildman–Crippen LogP) is 3.17. The van der Waals surface area contributed by atoms with Crippen LogP contribution in [0.15, 0.2) is 41.7 Å². The molecule has 0 fully saturated rings. The van der Waals surface area contributed by atoms with E-state index in [-0.39, 0.29) is 0 Å². The zero-order valence-corrected chi connectivity index (χ0v) is 11.1. The Bertz CT molecular complexity index is 696. The molecule has 0 atom stereocenters. The van der Waals surface area contributed by atoms with E-state index >= 15 is 0 Å². The van der Waals surface area contributed by atoms with Crippen molar-refractivity contribution in [2.24, 2.45) is 0 Å². The summed E-state index contributed by atoms with van der Waals surface area (Å²) >= 11 is 7.54. The van der Waals surface area contributed by atoms with Crippen LogP contribution in [0, 0.1) is 0 Å². The first-order valence-electron chi connectivity index (χ1n) is 5.30. The van der Waals surface area contributed by atoms with E-state index in [4.69, 9.17) is 11.6 Å². The van der Waals surface area contributed by atoms with Gasteiger partial charge in [0.2, 0.25) is 5.28 Å². The highest BCUT2D eigenvalue weighted by molar-refractivity contribution is 7.98. The molecular formula is C12H9ClN4S. The number of hydrogen-bond acceptors (Lipinski definition) is 4. The maximum Gasteiger partial charge on any atom is 0.228 e. The first-order chi connectivity index (χ1) is 8.79. The van der Waals surface area contributed by atoms with Crippen LogP contribution in [0.5, 0.6) is 0 Å². The van der Waals surface area contributed by atoms with Gasteiger partial charge in [-0.05, 0) is 23.4 Å². The van der Waals surface area contributed by atoms with Crippen LogP contribution in [-0.4, -0.2) is 25.8 Å². The lowest BCUT2D eigenvalue weighted by Gasteiger charge is -2.01. The van der Waals surface area contributed by atoms with E-state index < -0.39 is 0 Å². The molecule has 0 radical (unpaired) electrons. The summed E-state index contributed by atoms with van der Waals surface area (Å²) in [5, 5.41) is 5.19. The summed E-state index contributed by atoms with van der Waals surface area (Å²) in [6, 6.07) is 9.98. The number of rotatable bonds is 2. The zero-order chi connectivity index (χ0) is 12.5. The maximum atomic E-state index is 6.08. The SMILES string of the molecule is CSc1nc(Cl)n2ncc(-c3ccccc3)c2n1. The van der Waals surface area contributed by atoms with Crippen LogP contribution in [0.25, 0.3) is 16.8 Å².